The molecule has 1 aliphatic rings. The number of anilines is 1. The zero-order valence-electron chi connectivity index (χ0n) is 14.5. The van der Waals surface area contributed by atoms with Crippen LogP contribution in [0.3, 0.4) is 0 Å². The summed E-state index contributed by atoms with van der Waals surface area (Å²) in [6.45, 7) is -1.37. The van der Waals surface area contributed by atoms with Crippen LogP contribution in [0.15, 0.2) is 12.3 Å². The lowest BCUT2D eigenvalue weighted by molar-refractivity contribution is -0.141. The molecule has 1 saturated heterocycles. The van der Waals surface area contributed by atoms with Crippen LogP contribution in [0.25, 0.3) is 10.9 Å². The Morgan fingerprint density at radius 1 is 1.42 bits per heavy atom. The van der Waals surface area contributed by atoms with Crippen molar-refractivity contribution in [2.24, 2.45) is 0 Å². The predicted octanol–water partition coefficient (Wildman–Crippen LogP) is 1.44. The second-order valence-corrected chi connectivity index (χ2v) is 5.27. The summed E-state index contributed by atoms with van der Waals surface area (Å²) in [5.41, 5.74) is 5.54. The predicted molar refractivity (Wildman–Crippen MR) is 79.3 cm³/mol. The molecule has 0 aliphatic carbocycles. The summed E-state index contributed by atoms with van der Waals surface area (Å²) in [6.07, 6.45) is -5.03. The Morgan fingerprint density at radius 2 is 2.21 bits per heavy atom. The van der Waals surface area contributed by atoms with Gasteiger partial charge in [-0.3, -0.25) is 14.5 Å². The van der Waals surface area contributed by atoms with Gasteiger partial charge in [0.25, 0.3) is 5.91 Å². The third kappa shape index (κ3) is 3.42. The molecule has 0 saturated carbocycles. The molecule has 3 heterocycles. The molecule has 130 valence electrons. The van der Waals surface area contributed by atoms with Crippen LogP contribution in [-0.2, 0) is 11.3 Å². The number of carbonyl (C=O) groups is 1. The first-order valence-corrected chi connectivity index (χ1v) is 7.12. The number of nitrogens with zero attached hydrogens (tertiary/aromatic N) is 4. The van der Waals surface area contributed by atoms with Crippen molar-refractivity contribution in [2.45, 2.75) is 19.1 Å². The number of aromatic nitrogens is 3. The molecule has 0 spiro atoms. The third-order valence-electron chi connectivity index (χ3n) is 3.51. The quantitative estimate of drug-likeness (QED) is 0.890. The topological polar surface area (TPSA) is 86.3 Å². The standard InChI is InChI=1S/C14H16F3N5O2/c15-14(16,17)8-22-11-6-10(19-7-9(11)12(18)20-22)13(23)21-2-1-4-24-5-3-21/h6-7H,1-5,8H2,(H2,18,20)/i1D2. The van der Waals surface area contributed by atoms with Crippen molar-refractivity contribution < 1.29 is 25.4 Å². The summed E-state index contributed by atoms with van der Waals surface area (Å²) in [5.74, 6) is -0.713. The average Bonchev–Trinajstić information content (AvgIpc) is 2.71. The summed E-state index contributed by atoms with van der Waals surface area (Å²) >= 11 is 0. The van der Waals surface area contributed by atoms with E-state index in [0.29, 0.717) is 4.68 Å². The molecule has 24 heavy (non-hydrogen) atoms. The van der Waals surface area contributed by atoms with Gasteiger partial charge in [-0.25, -0.2) is 0 Å². The molecule has 0 atom stereocenters. The van der Waals surface area contributed by atoms with E-state index in [9.17, 15) is 18.0 Å². The first-order chi connectivity index (χ1) is 12.1. The minimum atomic E-state index is -4.50. The Labute approximate surface area is 138 Å². The number of carbonyl (C=O) groups excluding carboxylic acids is 1. The third-order valence-corrected chi connectivity index (χ3v) is 3.51. The molecule has 0 unspecified atom stereocenters. The smallest absolute Gasteiger partial charge is 0.382 e. The van der Waals surface area contributed by atoms with E-state index in [-0.39, 0.29) is 48.7 Å². The Balaban J connectivity index is 1.95. The van der Waals surface area contributed by atoms with Gasteiger partial charge in [0, 0.05) is 28.6 Å². The Bertz CT molecular complexity index is 840. The van der Waals surface area contributed by atoms with E-state index in [1.54, 1.807) is 0 Å². The monoisotopic (exact) mass is 345 g/mol. The van der Waals surface area contributed by atoms with Crippen LogP contribution < -0.4 is 5.73 Å². The molecule has 2 aromatic heterocycles. The highest BCUT2D eigenvalue weighted by Crippen LogP contribution is 2.25. The highest BCUT2D eigenvalue weighted by Gasteiger charge is 2.30. The zero-order chi connectivity index (χ0) is 19.1. The number of alkyl halides is 3. The average molecular weight is 345 g/mol. The van der Waals surface area contributed by atoms with E-state index in [1.165, 1.54) is 17.2 Å². The number of pyridine rings is 1. The van der Waals surface area contributed by atoms with Crippen LogP contribution in [0.1, 0.15) is 19.6 Å². The summed E-state index contributed by atoms with van der Waals surface area (Å²) in [6, 6.07) is 1.19. The van der Waals surface area contributed by atoms with Crippen LogP contribution in [0.4, 0.5) is 19.0 Å². The van der Waals surface area contributed by atoms with Gasteiger partial charge in [-0.2, -0.15) is 18.3 Å². The van der Waals surface area contributed by atoms with Crippen LogP contribution in [0, 0.1) is 0 Å². The molecule has 1 amide bonds. The summed E-state index contributed by atoms with van der Waals surface area (Å²) < 4.78 is 59.5. The van der Waals surface area contributed by atoms with Gasteiger partial charge < -0.3 is 15.4 Å². The fraction of sp³-hybridized carbons (Fsp3) is 0.500. The van der Waals surface area contributed by atoms with E-state index in [2.05, 4.69) is 10.1 Å². The van der Waals surface area contributed by atoms with Crippen LogP contribution in [0.5, 0.6) is 0 Å². The molecular formula is C14H16F3N5O2. The molecule has 2 aromatic rings. The van der Waals surface area contributed by atoms with Gasteiger partial charge in [-0.05, 0) is 12.4 Å². The lowest BCUT2D eigenvalue weighted by Gasteiger charge is -2.19. The number of nitrogen functional groups attached to an aromatic ring is 1. The molecule has 0 bridgehead atoms. The molecule has 7 nitrogen and oxygen atoms in total. The van der Waals surface area contributed by atoms with Crippen LogP contribution >= 0.6 is 0 Å². The largest absolute Gasteiger partial charge is 0.408 e. The van der Waals surface area contributed by atoms with Gasteiger partial charge in [-0.1, -0.05) is 0 Å². The highest BCUT2D eigenvalue weighted by molar-refractivity contribution is 5.97. The Morgan fingerprint density at radius 3 is 2.96 bits per heavy atom. The molecule has 10 heteroatoms. The fourth-order valence-electron chi connectivity index (χ4n) is 2.41. The number of hydrogen-bond donors (Lipinski definition) is 1. The number of ether oxygens (including phenoxy) is 1. The number of amides is 1. The van der Waals surface area contributed by atoms with E-state index < -0.39 is 25.0 Å². The highest BCUT2D eigenvalue weighted by atomic mass is 19.4. The maximum absolute atomic E-state index is 12.7. The minimum Gasteiger partial charge on any atom is -0.382 e. The number of halogens is 3. The zero-order valence-corrected chi connectivity index (χ0v) is 12.5. The summed E-state index contributed by atoms with van der Waals surface area (Å²) in [7, 11) is 0. The molecule has 0 aromatic carbocycles. The normalized spacial score (nSPS) is 19.7. The van der Waals surface area contributed by atoms with Gasteiger partial charge in [0.05, 0.1) is 17.5 Å². The Hall–Kier alpha value is -2.36. The van der Waals surface area contributed by atoms with E-state index in [0.717, 1.165) is 0 Å². The van der Waals surface area contributed by atoms with E-state index >= 15 is 0 Å². The summed E-state index contributed by atoms with van der Waals surface area (Å²) in [4.78, 5) is 17.8. The lowest BCUT2D eigenvalue weighted by atomic mass is 10.2. The van der Waals surface area contributed by atoms with Crippen LogP contribution in [0.2, 0.25) is 0 Å². The fourth-order valence-corrected chi connectivity index (χ4v) is 2.41. The summed E-state index contributed by atoms with van der Waals surface area (Å²) in [5, 5.41) is 3.86. The van der Waals surface area contributed by atoms with Gasteiger partial charge in [0.2, 0.25) is 0 Å². The van der Waals surface area contributed by atoms with Gasteiger partial charge in [0.15, 0.2) is 5.82 Å². The molecule has 3 rings (SSSR count). The van der Waals surface area contributed by atoms with Crippen molar-refractivity contribution in [1.82, 2.24) is 19.7 Å². The van der Waals surface area contributed by atoms with Crippen molar-refractivity contribution in [3.8, 4) is 0 Å². The lowest BCUT2D eigenvalue weighted by Crippen LogP contribution is -2.33. The first-order valence-electron chi connectivity index (χ1n) is 8.12. The minimum absolute atomic E-state index is 0.0345. The Kier molecular flexibility index (Phi) is 3.66. The SMILES string of the molecule is [2H]C1([2H])COCCN(C(=O)c2cc3c(cn2)c(N)nn3CC(F)(F)F)C1. The van der Waals surface area contributed by atoms with Crippen molar-refractivity contribution in [3.05, 3.63) is 18.0 Å². The van der Waals surface area contributed by atoms with E-state index in [1.807, 2.05) is 0 Å². The number of nitrogens with two attached hydrogens (primary N) is 1. The molecule has 0 radical (unpaired) electrons. The van der Waals surface area contributed by atoms with Crippen molar-refractivity contribution >= 4 is 22.6 Å². The van der Waals surface area contributed by atoms with Gasteiger partial charge >= 0.3 is 6.18 Å². The maximum Gasteiger partial charge on any atom is 0.408 e. The number of hydrogen-bond acceptors (Lipinski definition) is 5. The first kappa shape index (κ1) is 14.0. The molecule has 1 fully saturated rings. The molecule has 2 N–H and O–H groups in total. The second kappa shape index (κ2) is 6.27. The molecule has 1 aliphatic heterocycles. The molecular weight excluding hydrogens is 327 g/mol. The van der Waals surface area contributed by atoms with Crippen molar-refractivity contribution in [1.29, 1.82) is 0 Å². The number of rotatable bonds is 2. The maximum atomic E-state index is 12.7. The number of fused-ring (bicyclic) bond motifs is 1. The van der Waals surface area contributed by atoms with E-state index in [4.69, 9.17) is 13.2 Å². The van der Waals surface area contributed by atoms with Crippen molar-refractivity contribution in [3.63, 3.8) is 0 Å². The van der Waals surface area contributed by atoms with Crippen molar-refractivity contribution in [2.75, 3.05) is 32.0 Å². The van der Waals surface area contributed by atoms with Gasteiger partial charge in [-0.15, -0.1) is 0 Å². The van der Waals surface area contributed by atoms with Crippen LogP contribution in [-0.4, -0.2) is 58.1 Å². The van der Waals surface area contributed by atoms with Gasteiger partial charge in [0.1, 0.15) is 12.2 Å². The second-order valence-electron chi connectivity index (χ2n) is 5.27.